The normalized spacial score (nSPS) is 11.8. The average Bonchev–Trinajstić information content (AvgIpc) is 2.76. The molecule has 150 valence electrons. The van der Waals surface area contributed by atoms with E-state index in [-0.39, 0.29) is 22.2 Å². The maximum atomic E-state index is 13.0. The van der Waals surface area contributed by atoms with Crippen molar-refractivity contribution in [2.75, 3.05) is 5.32 Å². The number of nitrogens with one attached hydrogen (secondary N) is 1. The van der Waals surface area contributed by atoms with Crippen LogP contribution in [0.25, 0.3) is 5.76 Å². The van der Waals surface area contributed by atoms with Gasteiger partial charge in [-0.25, -0.2) is 4.99 Å². The first kappa shape index (κ1) is 21.1. The Labute approximate surface area is 181 Å². The highest BCUT2D eigenvalue weighted by Gasteiger charge is 2.17. The fourth-order valence-corrected chi connectivity index (χ4v) is 3.11. The second-order valence-electron chi connectivity index (χ2n) is 6.83. The molecule has 0 fully saturated rings. The van der Waals surface area contributed by atoms with Crippen LogP contribution in [0.2, 0.25) is 0 Å². The standard InChI is InChI=1S/C25H22N2O2S/c1-17-13-14-22(18(2)15-17)27-25(30)26-16-21(23(28)19-9-5-3-6-10-19)24(29)20-11-7-4-8-12-20/h3-16,28H,1-2H3,(H,27,30)/b23-21+,26-16+. The Balaban J connectivity index is 1.92. The summed E-state index contributed by atoms with van der Waals surface area (Å²) in [5.74, 6) is -0.488. The summed E-state index contributed by atoms with van der Waals surface area (Å²) >= 11 is 5.33. The van der Waals surface area contributed by atoms with Gasteiger partial charge in [0.2, 0.25) is 0 Å². The van der Waals surface area contributed by atoms with Gasteiger partial charge in [0, 0.05) is 23.0 Å². The Morgan fingerprint density at radius 1 is 0.933 bits per heavy atom. The zero-order valence-electron chi connectivity index (χ0n) is 16.8. The molecule has 4 nitrogen and oxygen atoms in total. The maximum Gasteiger partial charge on any atom is 0.198 e. The van der Waals surface area contributed by atoms with Gasteiger partial charge in [-0.05, 0) is 37.7 Å². The second kappa shape index (κ2) is 9.76. The van der Waals surface area contributed by atoms with Gasteiger partial charge in [-0.2, -0.15) is 0 Å². The Bertz CT molecular complexity index is 1120. The summed E-state index contributed by atoms with van der Waals surface area (Å²) in [7, 11) is 0. The first-order valence-corrected chi connectivity index (χ1v) is 9.87. The molecule has 3 rings (SSSR count). The van der Waals surface area contributed by atoms with Crippen molar-refractivity contribution in [2.24, 2.45) is 4.99 Å². The largest absolute Gasteiger partial charge is 0.506 e. The molecule has 0 aliphatic rings. The van der Waals surface area contributed by atoms with E-state index in [1.54, 1.807) is 48.5 Å². The number of anilines is 1. The summed E-state index contributed by atoms with van der Waals surface area (Å²) in [6, 6.07) is 23.6. The minimum absolute atomic E-state index is 0.0668. The van der Waals surface area contributed by atoms with Crippen LogP contribution in [-0.4, -0.2) is 22.2 Å². The molecule has 0 saturated carbocycles. The summed E-state index contributed by atoms with van der Waals surface area (Å²) in [5, 5.41) is 14.1. The number of allylic oxidation sites excluding steroid dienone is 1. The monoisotopic (exact) mass is 414 g/mol. The van der Waals surface area contributed by atoms with Gasteiger partial charge in [-0.15, -0.1) is 0 Å². The highest BCUT2D eigenvalue weighted by molar-refractivity contribution is 7.80. The van der Waals surface area contributed by atoms with Crippen molar-refractivity contribution in [1.82, 2.24) is 0 Å². The Kier molecular flexibility index (Phi) is 6.88. The summed E-state index contributed by atoms with van der Waals surface area (Å²) in [6.45, 7) is 4.00. The van der Waals surface area contributed by atoms with Gasteiger partial charge in [0.05, 0.1) is 5.57 Å². The highest BCUT2D eigenvalue weighted by Crippen LogP contribution is 2.19. The third-order valence-corrected chi connectivity index (χ3v) is 4.72. The van der Waals surface area contributed by atoms with E-state index in [1.807, 2.05) is 44.2 Å². The molecule has 3 aromatic rings. The lowest BCUT2D eigenvalue weighted by atomic mass is 10.0. The molecule has 0 aliphatic carbocycles. The van der Waals surface area contributed by atoms with Gasteiger partial charge in [0.15, 0.2) is 10.9 Å². The van der Waals surface area contributed by atoms with Crippen molar-refractivity contribution in [2.45, 2.75) is 13.8 Å². The number of hydrogen-bond acceptors (Lipinski definition) is 3. The molecule has 0 unspecified atom stereocenters. The molecule has 0 saturated heterocycles. The number of thiocarbonyl (C=S) groups is 1. The van der Waals surface area contributed by atoms with E-state index in [9.17, 15) is 9.90 Å². The first-order chi connectivity index (χ1) is 14.5. The van der Waals surface area contributed by atoms with E-state index >= 15 is 0 Å². The minimum Gasteiger partial charge on any atom is -0.506 e. The number of carbonyl (C=O) groups is 1. The van der Waals surface area contributed by atoms with Crippen molar-refractivity contribution >= 4 is 40.8 Å². The van der Waals surface area contributed by atoms with Crippen LogP contribution in [-0.2, 0) is 0 Å². The Morgan fingerprint density at radius 3 is 2.13 bits per heavy atom. The predicted molar refractivity (Wildman–Crippen MR) is 127 cm³/mol. The van der Waals surface area contributed by atoms with Crippen molar-refractivity contribution in [3.63, 3.8) is 0 Å². The van der Waals surface area contributed by atoms with E-state index in [0.29, 0.717) is 11.1 Å². The molecule has 0 heterocycles. The third kappa shape index (κ3) is 5.27. The number of carbonyl (C=O) groups excluding carboxylic acids is 1. The lowest BCUT2D eigenvalue weighted by Gasteiger charge is -2.09. The zero-order chi connectivity index (χ0) is 21.5. The quantitative estimate of drug-likeness (QED) is 0.179. The highest BCUT2D eigenvalue weighted by atomic mass is 32.1. The molecular weight excluding hydrogens is 392 g/mol. The molecule has 5 heteroatoms. The fraction of sp³-hybridized carbons (Fsp3) is 0.0800. The number of rotatable bonds is 5. The van der Waals surface area contributed by atoms with Crippen molar-refractivity contribution < 1.29 is 9.90 Å². The number of nitrogens with zero attached hydrogens (tertiary/aromatic N) is 1. The Hall–Kier alpha value is -3.57. The van der Waals surface area contributed by atoms with Crippen LogP contribution in [0.15, 0.2) is 89.4 Å². The number of aliphatic hydroxyl groups excluding tert-OH is 1. The number of benzene rings is 3. The fourth-order valence-electron chi connectivity index (χ4n) is 2.95. The van der Waals surface area contributed by atoms with Crippen LogP contribution >= 0.6 is 12.2 Å². The van der Waals surface area contributed by atoms with Crippen molar-refractivity contribution in [3.8, 4) is 0 Å². The van der Waals surface area contributed by atoms with Gasteiger partial charge in [-0.1, -0.05) is 78.4 Å². The number of aliphatic hydroxyl groups is 1. The van der Waals surface area contributed by atoms with Crippen LogP contribution in [0.4, 0.5) is 5.69 Å². The molecule has 0 spiro atoms. The molecule has 0 amide bonds. The molecule has 0 radical (unpaired) electrons. The molecule has 2 N–H and O–H groups in total. The summed E-state index contributed by atoms with van der Waals surface area (Å²) in [5.41, 5.74) is 4.08. The number of Topliss-reactive ketones (excluding diaryl/α,β-unsaturated/α-hetero) is 1. The van der Waals surface area contributed by atoms with Gasteiger partial charge in [-0.3, -0.25) is 4.79 Å². The topological polar surface area (TPSA) is 61.7 Å². The van der Waals surface area contributed by atoms with Gasteiger partial charge in [0.1, 0.15) is 5.76 Å². The second-order valence-corrected chi connectivity index (χ2v) is 7.22. The number of aliphatic imine (C=N–C) groups is 1. The molecule has 0 atom stereocenters. The first-order valence-electron chi connectivity index (χ1n) is 9.46. The van der Waals surface area contributed by atoms with E-state index in [2.05, 4.69) is 10.3 Å². The zero-order valence-corrected chi connectivity index (χ0v) is 17.6. The average molecular weight is 415 g/mol. The van der Waals surface area contributed by atoms with E-state index < -0.39 is 0 Å². The number of hydrogen-bond donors (Lipinski definition) is 2. The van der Waals surface area contributed by atoms with Crippen molar-refractivity contribution in [3.05, 3.63) is 107 Å². The van der Waals surface area contributed by atoms with Gasteiger partial charge < -0.3 is 10.4 Å². The minimum atomic E-state index is -0.338. The van der Waals surface area contributed by atoms with Crippen LogP contribution in [0.5, 0.6) is 0 Å². The van der Waals surface area contributed by atoms with E-state index in [0.717, 1.165) is 16.8 Å². The summed E-state index contributed by atoms with van der Waals surface area (Å²) < 4.78 is 0. The van der Waals surface area contributed by atoms with Crippen LogP contribution < -0.4 is 5.32 Å². The van der Waals surface area contributed by atoms with Crippen LogP contribution in [0.1, 0.15) is 27.0 Å². The van der Waals surface area contributed by atoms with Crippen molar-refractivity contribution in [1.29, 1.82) is 0 Å². The van der Waals surface area contributed by atoms with E-state index in [4.69, 9.17) is 12.2 Å². The molecule has 3 aromatic carbocycles. The Morgan fingerprint density at radius 2 is 1.53 bits per heavy atom. The smallest absolute Gasteiger partial charge is 0.198 e. The van der Waals surface area contributed by atoms with Gasteiger partial charge in [0.25, 0.3) is 0 Å². The van der Waals surface area contributed by atoms with Crippen LogP contribution in [0.3, 0.4) is 0 Å². The predicted octanol–water partition coefficient (Wildman–Crippen LogP) is 5.92. The summed E-state index contributed by atoms with van der Waals surface area (Å²) in [4.78, 5) is 17.3. The number of ketones is 1. The lowest BCUT2D eigenvalue weighted by molar-refractivity contribution is 0.104. The SMILES string of the molecule is Cc1ccc(NC(=S)/N=C/C(C(=O)c2ccccc2)=C(\O)c2ccccc2)c(C)c1. The molecular formula is C25H22N2O2S. The molecule has 0 aliphatic heterocycles. The molecule has 0 aromatic heterocycles. The lowest BCUT2D eigenvalue weighted by Crippen LogP contribution is -2.12. The number of aryl methyl sites for hydroxylation is 2. The summed E-state index contributed by atoms with van der Waals surface area (Å²) in [6.07, 6.45) is 1.32. The molecule has 30 heavy (non-hydrogen) atoms. The van der Waals surface area contributed by atoms with Gasteiger partial charge >= 0.3 is 0 Å². The molecule has 0 bridgehead atoms. The van der Waals surface area contributed by atoms with E-state index in [1.165, 1.54) is 6.21 Å². The third-order valence-electron chi connectivity index (χ3n) is 4.52. The maximum absolute atomic E-state index is 13.0. The van der Waals surface area contributed by atoms with Crippen LogP contribution in [0, 0.1) is 13.8 Å².